The monoisotopic (exact) mass is 411 g/mol. The lowest BCUT2D eigenvalue weighted by Crippen LogP contribution is -2.38. The number of aryl methyl sites for hydroxylation is 1. The van der Waals surface area contributed by atoms with Crippen molar-refractivity contribution in [3.8, 4) is 0 Å². The molecule has 1 aliphatic heterocycles. The summed E-state index contributed by atoms with van der Waals surface area (Å²) in [6, 6.07) is 25.5. The molecule has 0 spiro atoms. The number of imidazole rings is 1. The molecule has 2 heterocycles. The Morgan fingerprint density at radius 2 is 1.74 bits per heavy atom. The maximum absolute atomic E-state index is 5.79. The summed E-state index contributed by atoms with van der Waals surface area (Å²) in [4.78, 5) is 10.8. The number of hydrogen-bond donors (Lipinski definition) is 3. The van der Waals surface area contributed by atoms with Gasteiger partial charge in [0.2, 0.25) is 0 Å². The van der Waals surface area contributed by atoms with Crippen molar-refractivity contribution >= 4 is 22.4 Å². The first-order valence-electron chi connectivity index (χ1n) is 11.1. The highest BCUT2D eigenvalue weighted by atomic mass is 15.3. The van der Waals surface area contributed by atoms with Gasteiger partial charge >= 0.3 is 0 Å². The number of benzene rings is 3. The van der Waals surface area contributed by atoms with Crippen LogP contribution in [0.2, 0.25) is 0 Å². The molecule has 0 aliphatic carbocycles. The van der Waals surface area contributed by atoms with Crippen LogP contribution in [0.5, 0.6) is 0 Å². The van der Waals surface area contributed by atoms with Crippen LogP contribution >= 0.6 is 0 Å². The number of rotatable bonds is 8. The van der Waals surface area contributed by atoms with E-state index in [1.165, 1.54) is 23.4 Å². The molecule has 4 N–H and O–H groups in total. The maximum atomic E-state index is 5.79. The zero-order valence-corrected chi connectivity index (χ0v) is 17.7. The zero-order chi connectivity index (χ0) is 21.0. The van der Waals surface area contributed by atoms with Crippen LogP contribution < -0.4 is 16.0 Å². The molecule has 1 atom stereocenters. The normalized spacial score (nSPS) is 15.3. The van der Waals surface area contributed by atoms with E-state index in [2.05, 4.69) is 88.0 Å². The van der Waals surface area contributed by atoms with Crippen molar-refractivity contribution in [2.45, 2.75) is 38.4 Å². The van der Waals surface area contributed by atoms with Gasteiger partial charge < -0.3 is 20.9 Å². The van der Waals surface area contributed by atoms with Crippen LogP contribution in [0.1, 0.15) is 29.8 Å². The van der Waals surface area contributed by atoms with Crippen LogP contribution in [0, 0.1) is 0 Å². The summed E-state index contributed by atoms with van der Waals surface area (Å²) in [6.45, 7) is 1.57. The number of para-hydroxylation sites is 2. The predicted molar refractivity (Wildman–Crippen MR) is 128 cm³/mol. The van der Waals surface area contributed by atoms with Gasteiger partial charge in [0.25, 0.3) is 0 Å². The molecule has 5 nitrogen and oxygen atoms in total. The minimum atomic E-state index is 0.198. The molecule has 5 rings (SSSR count). The standard InChI is InChI=1S/C26H29N5/c27-18-20-13-14-21-23(16-20)29-25(28-21)17-26-30-22-11-4-5-12-24(22)31(26)15-7-6-10-19-8-2-1-3-9-19/h1-5,8-9,11-14,16,26,30H,6-7,10,15,17-18,27H2,(H,28,29). The summed E-state index contributed by atoms with van der Waals surface area (Å²) in [5.74, 6) is 1.00. The molecule has 5 heteroatoms. The van der Waals surface area contributed by atoms with Crippen LogP contribution in [0.3, 0.4) is 0 Å². The fraction of sp³-hybridized carbons (Fsp3) is 0.269. The van der Waals surface area contributed by atoms with E-state index < -0.39 is 0 Å². The second-order valence-electron chi connectivity index (χ2n) is 8.26. The van der Waals surface area contributed by atoms with Crippen molar-refractivity contribution in [3.63, 3.8) is 0 Å². The van der Waals surface area contributed by atoms with Gasteiger partial charge in [0.15, 0.2) is 0 Å². The highest BCUT2D eigenvalue weighted by molar-refractivity contribution is 5.77. The van der Waals surface area contributed by atoms with Gasteiger partial charge in [-0.15, -0.1) is 0 Å². The lowest BCUT2D eigenvalue weighted by Gasteiger charge is -2.26. The molecule has 1 aliphatic rings. The van der Waals surface area contributed by atoms with Crippen LogP contribution in [0.15, 0.2) is 72.8 Å². The number of H-pyrrole nitrogens is 1. The average molecular weight is 412 g/mol. The molecule has 0 fully saturated rings. The van der Waals surface area contributed by atoms with E-state index in [-0.39, 0.29) is 6.17 Å². The third-order valence-electron chi connectivity index (χ3n) is 6.09. The van der Waals surface area contributed by atoms with Crippen molar-refractivity contribution in [3.05, 3.63) is 89.7 Å². The number of nitrogens with one attached hydrogen (secondary N) is 2. The molecule has 31 heavy (non-hydrogen) atoms. The molecule has 3 aromatic carbocycles. The molecule has 1 unspecified atom stereocenters. The summed E-state index contributed by atoms with van der Waals surface area (Å²) in [5, 5.41) is 3.70. The minimum Gasteiger partial charge on any atom is -0.363 e. The van der Waals surface area contributed by atoms with Crippen molar-refractivity contribution < 1.29 is 0 Å². The van der Waals surface area contributed by atoms with E-state index in [9.17, 15) is 0 Å². The lowest BCUT2D eigenvalue weighted by atomic mass is 10.1. The van der Waals surface area contributed by atoms with Crippen molar-refractivity contribution in [1.82, 2.24) is 9.97 Å². The molecule has 1 aromatic heterocycles. The Morgan fingerprint density at radius 3 is 2.61 bits per heavy atom. The Balaban J connectivity index is 1.29. The molecule has 0 saturated heterocycles. The Kier molecular flexibility index (Phi) is 5.59. The van der Waals surface area contributed by atoms with Gasteiger partial charge in [0.1, 0.15) is 12.0 Å². The van der Waals surface area contributed by atoms with Gasteiger partial charge in [-0.25, -0.2) is 4.98 Å². The molecule has 0 radical (unpaired) electrons. The minimum absolute atomic E-state index is 0.198. The van der Waals surface area contributed by atoms with Gasteiger partial charge in [-0.3, -0.25) is 0 Å². The first kappa shape index (κ1) is 19.6. The summed E-state index contributed by atoms with van der Waals surface area (Å²) in [6.07, 6.45) is 4.48. The fourth-order valence-electron chi connectivity index (χ4n) is 4.48. The largest absolute Gasteiger partial charge is 0.363 e. The number of aromatic amines is 1. The smallest absolute Gasteiger partial charge is 0.111 e. The number of hydrogen-bond acceptors (Lipinski definition) is 4. The number of anilines is 2. The SMILES string of the molecule is NCc1ccc2nc(CC3Nc4ccccc4N3CCCCc3ccccc3)[nH]c2c1. The molecule has 0 bridgehead atoms. The van der Waals surface area contributed by atoms with Crippen LogP contribution in [0.4, 0.5) is 11.4 Å². The Morgan fingerprint density at radius 1 is 0.903 bits per heavy atom. The molecule has 158 valence electrons. The molecular weight excluding hydrogens is 382 g/mol. The van der Waals surface area contributed by atoms with Gasteiger partial charge in [0, 0.05) is 19.5 Å². The Hall–Kier alpha value is -3.31. The van der Waals surface area contributed by atoms with E-state index >= 15 is 0 Å². The first-order chi connectivity index (χ1) is 15.3. The van der Waals surface area contributed by atoms with E-state index in [1.807, 2.05) is 0 Å². The predicted octanol–water partition coefficient (Wildman–Crippen LogP) is 4.85. The molecule has 4 aromatic rings. The number of fused-ring (bicyclic) bond motifs is 2. The van der Waals surface area contributed by atoms with Gasteiger partial charge in [0.05, 0.1) is 22.4 Å². The highest BCUT2D eigenvalue weighted by Gasteiger charge is 2.28. The first-order valence-corrected chi connectivity index (χ1v) is 11.1. The quantitative estimate of drug-likeness (QED) is 0.363. The molecule has 0 saturated carbocycles. The molecule has 0 amide bonds. The van der Waals surface area contributed by atoms with Crippen LogP contribution in [0.25, 0.3) is 11.0 Å². The van der Waals surface area contributed by atoms with Crippen LogP contribution in [-0.2, 0) is 19.4 Å². The van der Waals surface area contributed by atoms with Gasteiger partial charge in [-0.1, -0.05) is 48.5 Å². The topological polar surface area (TPSA) is 70.0 Å². The fourth-order valence-corrected chi connectivity index (χ4v) is 4.48. The average Bonchev–Trinajstić information content (AvgIpc) is 3.37. The number of unbranched alkanes of at least 4 members (excludes halogenated alkanes) is 1. The van der Waals surface area contributed by atoms with E-state index in [4.69, 9.17) is 10.7 Å². The summed E-state index contributed by atoms with van der Waals surface area (Å²) >= 11 is 0. The Bertz CT molecular complexity index is 1150. The third-order valence-corrected chi connectivity index (χ3v) is 6.09. The van der Waals surface area contributed by atoms with E-state index in [0.29, 0.717) is 6.54 Å². The highest BCUT2D eigenvalue weighted by Crippen LogP contribution is 2.35. The van der Waals surface area contributed by atoms with Crippen molar-refractivity contribution in [2.24, 2.45) is 5.73 Å². The second kappa shape index (κ2) is 8.82. The summed E-state index contributed by atoms with van der Waals surface area (Å²) in [5.41, 5.74) is 12.9. The van der Waals surface area contributed by atoms with Gasteiger partial charge in [-0.05, 0) is 54.7 Å². The van der Waals surface area contributed by atoms with Gasteiger partial charge in [-0.2, -0.15) is 0 Å². The summed E-state index contributed by atoms with van der Waals surface area (Å²) in [7, 11) is 0. The van der Waals surface area contributed by atoms with E-state index in [1.54, 1.807) is 0 Å². The lowest BCUT2D eigenvalue weighted by molar-refractivity contribution is 0.616. The molecular formula is C26H29N5. The maximum Gasteiger partial charge on any atom is 0.111 e. The van der Waals surface area contributed by atoms with Crippen LogP contribution in [-0.4, -0.2) is 22.7 Å². The number of nitrogens with zero attached hydrogens (tertiary/aromatic N) is 2. The third kappa shape index (κ3) is 4.28. The van der Waals surface area contributed by atoms with Crippen molar-refractivity contribution in [1.29, 1.82) is 0 Å². The Labute approximate surface area is 183 Å². The van der Waals surface area contributed by atoms with Crippen molar-refractivity contribution in [2.75, 3.05) is 16.8 Å². The zero-order valence-electron chi connectivity index (χ0n) is 17.7. The number of aromatic nitrogens is 2. The van der Waals surface area contributed by atoms with E-state index in [0.717, 1.165) is 48.2 Å². The second-order valence-corrected chi connectivity index (χ2v) is 8.26. The number of nitrogens with two attached hydrogens (primary N) is 1. The summed E-state index contributed by atoms with van der Waals surface area (Å²) < 4.78 is 0.